The van der Waals surface area contributed by atoms with Gasteiger partial charge in [0.15, 0.2) is 0 Å². The first kappa shape index (κ1) is 20.2. The minimum absolute atomic E-state index is 0.0938. The molecule has 27 heavy (non-hydrogen) atoms. The third-order valence-electron chi connectivity index (χ3n) is 4.44. The van der Waals surface area contributed by atoms with Crippen molar-refractivity contribution in [3.63, 3.8) is 0 Å². The maximum Gasteiger partial charge on any atom is 0.253 e. The Labute approximate surface area is 169 Å². The SMILES string of the molecule is CC(NC(=O)c1cc(S(=O)(=O)N2CCSCC2)ccc1Cl)c1ccccc1. The Bertz CT molecular complexity index is 914. The van der Waals surface area contributed by atoms with Crippen molar-refractivity contribution in [1.82, 2.24) is 9.62 Å². The minimum atomic E-state index is -3.63. The Hall–Kier alpha value is -1.54. The number of thioether (sulfide) groups is 1. The summed E-state index contributed by atoms with van der Waals surface area (Å²) in [7, 11) is -3.63. The zero-order valence-corrected chi connectivity index (χ0v) is 17.3. The van der Waals surface area contributed by atoms with Crippen LogP contribution in [0.3, 0.4) is 0 Å². The van der Waals surface area contributed by atoms with E-state index in [1.54, 1.807) is 11.8 Å². The normalized spacial score (nSPS) is 16.7. The van der Waals surface area contributed by atoms with Crippen molar-refractivity contribution in [3.8, 4) is 0 Å². The van der Waals surface area contributed by atoms with Gasteiger partial charge in [-0.15, -0.1) is 0 Å². The van der Waals surface area contributed by atoms with Crippen LogP contribution in [0.25, 0.3) is 0 Å². The zero-order valence-electron chi connectivity index (χ0n) is 14.9. The highest BCUT2D eigenvalue weighted by Gasteiger charge is 2.27. The molecule has 1 unspecified atom stereocenters. The summed E-state index contributed by atoms with van der Waals surface area (Å²) in [5.74, 6) is 1.14. The number of halogens is 1. The summed E-state index contributed by atoms with van der Waals surface area (Å²) in [4.78, 5) is 12.8. The molecule has 2 aromatic carbocycles. The molecule has 2 aromatic rings. The number of carbonyl (C=O) groups excluding carboxylic acids is 1. The Morgan fingerprint density at radius 3 is 2.48 bits per heavy atom. The summed E-state index contributed by atoms with van der Waals surface area (Å²) in [6.07, 6.45) is 0. The number of hydrogen-bond acceptors (Lipinski definition) is 4. The molecule has 1 atom stereocenters. The van der Waals surface area contributed by atoms with Crippen molar-refractivity contribution >= 4 is 39.3 Å². The minimum Gasteiger partial charge on any atom is -0.345 e. The predicted octanol–water partition coefficient (Wildman–Crippen LogP) is 3.57. The second-order valence-corrected chi connectivity index (χ2v) is 9.83. The highest BCUT2D eigenvalue weighted by Crippen LogP contribution is 2.25. The summed E-state index contributed by atoms with van der Waals surface area (Å²) in [6, 6.07) is 13.6. The molecule has 0 spiro atoms. The molecule has 5 nitrogen and oxygen atoms in total. The second kappa shape index (κ2) is 8.65. The first-order valence-corrected chi connectivity index (χ1v) is 11.6. The summed E-state index contributed by atoms with van der Waals surface area (Å²) >= 11 is 7.92. The van der Waals surface area contributed by atoms with E-state index in [1.807, 2.05) is 37.3 Å². The van der Waals surface area contributed by atoms with E-state index in [9.17, 15) is 13.2 Å². The molecular formula is C19H21ClN2O3S2. The summed E-state index contributed by atoms with van der Waals surface area (Å²) in [5, 5.41) is 3.10. The van der Waals surface area contributed by atoms with Gasteiger partial charge in [-0.05, 0) is 30.7 Å². The summed E-state index contributed by atoms with van der Waals surface area (Å²) < 4.78 is 27.2. The van der Waals surface area contributed by atoms with Gasteiger partial charge in [0.1, 0.15) is 0 Å². The van der Waals surface area contributed by atoms with Crippen molar-refractivity contribution in [3.05, 3.63) is 64.7 Å². The average molecular weight is 425 g/mol. The van der Waals surface area contributed by atoms with E-state index in [2.05, 4.69) is 5.32 Å². The van der Waals surface area contributed by atoms with Crippen molar-refractivity contribution in [2.45, 2.75) is 17.9 Å². The molecule has 0 aromatic heterocycles. The van der Waals surface area contributed by atoms with Crippen LogP contribution in [0.4, 0.5) is 0 Å². The topological polar surface area (TPSA) is 66.5 Å². The monoisotopic (exact) mass is 424 g/mol. The lowest BCUT2D eigenvalue weighted by atomic mass is 10.1. The Balaban J connectivity index is 1.83. The zero-order chi connectivity index (χ0) is 19.4. The van der Waals surface area contributed by atoms with Gasteiger partial charge >= 0.3 is 0 Å². The quantitative estimate of drug-likeness (QED) is 0.796. The van der Waals surface area contributed by atoms with Gasteiger partial charge in [-0.25, -0.2) is 8.42 Å². The van der Waals surface area contributed by atoms with Crippen LogP contribution in [0.5, 0.6) is 0 Å². The summed E-state index contributed by atoms with van der Waals surface area (Å²) in [6.45, 7) is 2.82. The van der Waals surface area contributed by atoms with Crippen molar-refractivity contribution in [1.29, 1.82) is 0 Å². The Morgan fingerprint density at radius 2 is 1.81 bits per heavy atom. The Morgan fingerprint density at radius 1 is 1.15 bits per heavy atom. The third-order valence-corrected chi connectivity index (χ3v) is 7.60. The fraction of sp³-hybridized carbons (Fsp3) is 0.316. The van der Waals surface area contributed by atoms with Crippen LogP contribution in [0.15, 0.2) is 53.4 Å². The van der Waals surface area contributed by atoms with Gasteiger partial charge < -0.3 is 5.32 Å². The van der Waals surface area contributed by atoms with Gasteiger partial charge in [-0.2, -0.15) is 16.1 Å². The first-order valence-electron chi connectivity index (χ1n) is 8.63. The van der Waals surface area contributed by atoms with Crippen molar-refractivity contribution in [2.24, 2.45) is 0 Å². The van der Waals surface area contributed by atoms with Gasteiger partial charge in [-0.1, -0.05) is 41.9 Å². The van der Waals surface area contributed by atoms with Gasteiger partial charge in [-0.3, -0.25) is 4.79 Å². The number of amides is 1. The molecule has 0 bridgehead atoms. The van der Waals surface area contributed by atoms with Gasteiger partial charge in [0.25, 0.3) is 5.91 Å². The molecular weight excluding hydrogens is 404 g/mol. The van der Waals surface area contributed by atoms with E-state index in [4.69, 9.17) is 11.6 Å². The van der Waals surface area contributed by atoms with Crippen LogP contribution in [0.2, 0.25) is 5.02 Å². The number of carbonyl (C=O) groups is 1. The number of hydrogen-bond donors (Lipinski definition) is 1. The molecule has 0 saturated carbocycles. The van der Waals surface area contributed by atoms with Crippen LogP contribution in [-0.4, -0.2) is 43.2 Å². The maximum atomic E-state index is 12.9. The fourth-order valence-corrected chi connectivity index (χ4v) is 5.68. The molecule has 3 rings (SSSR count). The molecule has 1 N–H and O–H groups in total. The number of nitrogens with one attached hydrogen (secondary N) is 1. The number of sulfonamides is 1. The van der Waals surface area contributed by atoms with Crippen LogP contribution in [0, 0.1) is 0 Å². The molecule has 144 valence electrons. The Kier molecular flexibility index (Phi) is 6.47. The first-order chi connectivity index (χ1) is 12.9. The van der Waals surface area contributed by atoms with Crippen molar-refractivity contribution < 1.29 is 13.2 Å². The molecule has 1 aliphatic heterocycles. The highest BCUT2D eigenvalue weighted by atomic mass is 35.5. The molecule has 0 aliphatic carbocycles. The molecule has 1 heterocycles. The van der Waals surface area contributed by atoms with E-state index in [0.29, 0.717) is 13.1 Å². The van der Waals surface area contributed by atoms with E-state index in [1.165, 1.54) is 22.5 Å². The van der Waals surface area contributed by atoms with E-state index in [0.717, 1.165) is 17.1 Å². The number of benzene rings is 2. The van der Waals surface area contributed by atoms with Crippen LogP contribution in [-0.2, 0) is 10.0 Å². The van der Waals surface area contributed by atoms with Crippen LogP contribution in [0.1, 0.15) is 28.9 Å². The summed E-state index contributed by atoms with van der Waals surface area (Å²) in [5.41, 5.74) is 1.11. The molecule has 1 aliphatic rings. The predicted molar refractivity (Wildman–Crippen MR) is 110 cm³/mol. The van der Waals surface area contributed by atoms with E-state index < -0.39 is 15.9 Å². The lowest BCUT2D eigenvalue weighted by molar-refractivity contribution is 0.0940. The molecule has 1 saturated heterocycles. The third kappa shape index (κ3) is 4.66. The maximum absolute atomic E-state index is 12.9. The standard InChI is InChI=1S/C19H21ClN2O3S2/c1-14(15-5-3-2-4-6-15)21-19(23)17-13-16(7-8-18(17)20)27(24,25)22-9-11-26-12-10-22/h2-8,13-14H,9-12H2,1H3,(H,21,23). The lowest BCUT2D eigenvalue weighted by Gasteiger charge is -2.25. The largest absolute Gasteiger partial charge is 0.345 e. The molecule has 1 fully saturated rings. The van der Waals surface area contributed by atoms with Gasteiger partial charge in [0.05, 0.1) is 21.5 Å². The van der Waals surface area contributed by atoms with Crippen molar-refractivity contribution in [2.75, 3.05) is 24.6 Å². The van der Waals surface area contributed by atoms with Gasteiger partial charge in [0.2, 0.25) is 10.0 Å². The molecule has 0 radical (unpaired) electrons. The number of nitrogens with zero attached hydrogens (tertiary/aromatic N) is 1. The highest BCUT2D eigenvalue weighted by molar-refractivity contribution is 7.99. The van der Waals surface area contributed by atoms with Gasteiger partial charge in [0, 0.05) is 24.6 Å². The number of rotatable bonds is 5. The van der Waals surface area contributed by atoms with Crippen LogP contribution < -0.4 is 5.32 Å². The smallest absolute Gasteiger partial charge is 0.253 e. The lowest BCUT2D eigenvalue weighted by Crippen LogP contribution is -2.38. The van der Waals surface area contributed by atoms with Crippen LogP contribution >= 0.6 is 23.4 Å². The fourth-order valence-electron chi connectivity index (χ4n) is 2.87. The average Bonchev–Trinajstić information content (AvgIpc) is 2.69. The molecule has 8 heteroatoms. The van der Waals surface area contributed by atoms with E-state index in [-0.39, 0.29) is 21.5 Å². The molecule has 1 amide bonds. The van der Waals surface area contributed by atoms with E-state index >= 15 is 0 Å². The second-order valence-electron chi connectivity index (χ2n) is 6.26.